The summed E-state index contributed by atoms with van der Waals surface area (Å²) >= 11 is 0. The van der Waals surface area contributed by atoms with Crippen LogP contribution < -0.4 is 4.72 Å². The van der Waals surface area contributed by atoms with E-state index in [1.54, 1.807) is 19.2 Å². The molecule has 4 nitrogen and oxygen atoms in total. The molecule has 0 spiro atoms. The van der Waals surface area contributed by atoms with Crippen LogP contribution in [0.5, 0.6) is 0 Å². The van der Waals surface area contributed by atoms with Crippen molar-refractivity contribution in [3.63, 3.8) is 0 Å². The van der Waals surface area contributed by atoms with Gasteiger partial charge in [-0.25, -0.2) is 21.9 Å². The van der Waals surface area contributed by atoms with Crippen LogP contribution in [0.2, 0.25) is 0 Å². The zero-order valence-corrected chi connectivity index (χ0v) is 15.5. The van der Waals surface area contributed by atoms with Crippen molar-refractivity contribution in [3.05, 3.63) is 65.4 Å². The van der Waals surface area contributed by atoms with Crippen molar-refractivity contribution < 1.29 is 17.2 Å². The molecule has 1 heterocycles. The molecule has 0 radical (unpaired) electrons. The molecular formula is C19H20F2N2O2S. The molecule has 0 amide bonds. The molecule has 0 saturated heterocycles. The molecule has 0 unspecified atom stereocenters. The van der Waals surface area contributed by atoms with Crippen molar-refractivity contribution in [1.29, 1.82) is 0 Å². The molecule has 0 saturated carbocycles. The lowest BCUT2D eigenvalue weighted by molar-refractivity contribution is 0.504. The van der Waals surface area contributed by atoms with E-state index < -0.39 is 21.3 Å². The lowest BCUT2D eigenvalue weighted by Crippen LogP contribution is -2.36. The summed E-state index contributed by atoms with van der Waals surface area (Å²) in [6.07, 6.45) is 1.77. The van der Waals surface area contributed by atoms with Gasteiger partial charge in [0.2, 0.25) is 10.0 Å². The molecule has 0 aliphatic heterocycles. The van der Waals surface area contributed by atoms with Gasteiger partial charge in [0.15, 0.2) is 0 Å². The number of nitrogens with one attached hydrogen (secondary N) is 2. The molecule has 2 N–H and O–H groups in total. The minimum Gasteiger partial charge on any atom is -0.361 e. The number of benzene rings is 2. The van der Waals surface area contributed by atoms with Gasteiger partial charge < -0.3 is 4.98 Å². The third kappa shape index (κ3) is 3.50. The van der Waals surface area contributed by atoms with Crippen LogP contribution >= 0.6 is 0 Å². The van der Waals surface area contributed by atoms with Crippen molar-refractivity contribution in [2.75, 3.05) is 6.54 Å². The molecule has 0 bridgehead atoms. The maximum atomic E-state index is 13.6. The Hall–Kier alpha value is -2.25. The summed E-state index contributed by atoms with van der Waals surface area (Å²) in [4.78, 5) is 3.12. The van der Waals surface area contributed by atoms with Crippen LogP contribution in [0.3, 0.4) is 0 Å². The summed E-state index contributed by atoms with van der Waals surface area (Å²) in [6.45, 7) is 5.40. The number of hydrogen-bond donors (Lipinski definition) is 2. The Morgan fingerprint density at radius 2 is 1.73 bits per heavy atom. The van der Waals surface area contributed by atoms with Crippen LogP contribution in [0, 0.1) is 18.6 Å². The molecule has 1 aromatic heterocycles. The number of sulfonamides is 1. The zero-order valence-electron chi connectivity index (χ0n) is 14.7. The number of aromatic nitrogens is 1. The van der Waals surface area contributed by atoms with Gasteiger partial charge >= 0.3 is 0 Å². The quantitative estimate of drug-likeness (QED) is 0.705. The SMILES string of the molecule is Cc1cc(F)ccc1S(=O)(=O)NCC(C)(C)c1c[nH]c2ccc(F)cc12. The van der Waals surface area contributed by atoms with Crippen molar-refractivity contribution >= 4 is 20.9 Å². The van der Waals surface area contributed by atoms with E-state index in [2.05, 4.69) is 9.71 Å². The Kier molecular flexibility index (Phi) is 4.62. The zero-order chi connectivity index (χ0) is 19.1. The summed E-state index contributed by atoms with van der Waals surface area (Å²) in [5.41, 5.74) is 1.34. The fourth-order valence-electron chi connectivity index (χ4n) is 3.02. The van der Waals surface area contributed by atoms with Gasteiger partial charge in [-0.15, -0.1) is 0 Å². The fraction of sp³-hybridized carbons (Fsp3) is 0.263. The summed E-state index contributed by atoms with van der Waals surface area (Å²) in [5.74, 6) is -0.834. The summed E-state index contributed by atoms with van der Waals surface area (Å²) in [5, 5.41) is 0.715. The number of hydrogen-bond acceptors (Lipinski definition) is 2. The van der Waals surface area contributed by atoms with Crippen LogP contribution in [0.25, 0.3) is 10.9 Å². The van der Waals surface area contributed by atoms with Crippen molar-refractivity contribution in [3.8, 4) is 0 Å². The molecular weight excluding hydrogens is 358 g/mol. The number of H-pyrrole nitrogens is 1. The van der Waals surface area contributed by atoms with Gasteiger partial charge in [-0.1, -0.05) is 13.8 Å². The highest BCUT2D eigenvalue weighted by Gasteiger charge is 2.27. The molecule has 2 aromatic carbocycles. The van der Waals surface area contributed by atoms with Gasteiger partial charge in [-0.05, 0) is 54.4 Å². The predicted molar refractivity (Wildman–Crippen MR) is 97.6 cm³/mol. The van der Waals surface area contributed by atoms with Crippen LogP contribution in [-0.4, -0.2) is 19.9 Å². The number of halogens is 2. The standard InChI is InChI=1S/C19H20F2N2O2S/c1-12-8-13(20)5-7-18(12)26(24,25)23-11-19(2,3)16-10-22-17-6-4-14(21)9-15(16)17/h4-10,22-23H,11H2,1-3H3. The first-order valence-electron chi connectivity index (χ1n) is 8.13. The Morgan fingerprint density at radius 1 is 1.08 bits per heavy atom. The van der Waals surface area contributed by atoms with Crippen LogP contribution in [0.1, 0.15) is 25.0 Å². The lowest BCUT2D eigenvalue weighted by atomic mass is 9.85. The van der Waals surface area contributed by atoms with Crippen molar-refractivity contribution in [2.45, 2.75) is 31.1 Å². The second kappa shape index (κ2) is 6.48. The van der Waals surface area contributed by atoms with Crippen molar-refractivity contribution in [2.24, 2.45) is 0 Å². The Labute approximate surface area is 151 Å². The smallest absolute Gasteiger partial charge is 0.240 e. The maximum absolute atomic E-state index is 13.6. The van der Waals surface area contributed by atoms with Crippen LogP contribution in [-0.2, 0) is 15.4 Å². The second-order valence-electron chi connectivity index (χ2n) is 7.01. The third-order valence-electron chi connectivity index (χ3n) is 4.50. The molecule has 3 rings (SSSR count). The molecule has 0 aliphatic rings. The van der Waals surface area contributed by atoms with E-state index in [9.17, 15) is 17.2 Å². The fourth-order valence-corrected chi connectivity index (χ4v) is 4.45. The molecule has 3 aromatic rings. The van der Waals surface area contributed by atoms with E-state index in [1.807, 2.05) is 13.8 Å². The largest absolute Gasteiger partial charge is 0.361 e. The highest BCUT2D eigenvalue weighted by atomic mass is 32.2. The average molecular weight is 378 g/mol. The highest BCUT2D eigenvalue weighted by molar-refractivity contribution is 7.89. The number of aryl methyl sites for hydroxylation is 1. The number of aromatic amines is 1. The molecule has 0 aliphatic carbocycles. The second-order valence-corrected chi connectivity index (χ2v) is 8.75. The van der Waals surface area contributed by atoms with Crippen molar-refractivity contribution in [1.82, 2.24) is 9.71 Å². The monoisotopic (exact) mass is 378 g/mol. The first kappa shape index (κ1) is 18.5. The molecule has 0 fully saturated rings. The van der Waals surface area contributed by atoms with E-state index in [0.717, 1.165) is 17.1 Å². The third-order valence-corrected chi connectivity index (χ3v) is 6.07. The minimum absolute atomic E-state index is 0.0414. The lowest BCUT2D eigenvalue weighted by Gasteiger charge is -2.25. The molecule has 138 valence electrons. The summed E-state index contributed by atoms with van der Waals surface area (Å²) in [7, 11) is -3.79. The molecule has 0 atom stereocenters. The van der Waals surface area contributed by atoms with Gasteiger partial charge in [0, 0.05) is 29.1 Å². The summed E-state index contributed by atoms with van der Waals surface area (Å²) in [6, 6.07) is 8.01. The van der Waals surface area contributed by atoms with Gasteiger partial charge in [-0.2, -0.15) is 0 Å². The summed E-state index contributed by atoms with van der Waals surface area (Å²) < 4.78 is 54.6. The number of rotatable bonds is 5. The Morgan fingerprint density at radius 3 is 2.42 bits per heavy atom. The van der Waals surface area contributed by atoms with Crippen LogP contribution in [0.15, 0.2) is 47.5 Å². The van der Waals surface area contributed by atoms with Gasteiger partial charge in [0.25, 0.3) is 0 Å². The minimum atomic E-state index is -3.79. The first-order valence-corrected chi connectivity index (χ1v) is 9.61. The van der Waals surface area contributed by atoms with E-state index in [4.69, 9.17) is 0 Å². The molecule has 7 heteroatoms. The Bertz CT molecular complexity index is 1070. The average Bonchev–Trinajstić information content (AvgIpc) is 2.96. The molecule has 26 heavy (non-hydrogen) atoms. The van der Waals surface area contributed by atoms with E-state index in [-0.39, 0.29) is 17.3 Å². The predicted octanol–water partition coefficient (Wildman–Crippen LogP) is 4.01. The van der Waals surface area contributed by atoms with E-state index in [1.165, 1.54) is 24.3 Å². The van der Waals surface area contributed by atoms with E-state index in [0.29, 0.717) is 10.9 Å². The maximum Gasteiger partial charge on any atom is 0.240 e. The van der Waals surface area contributed by atoms with Crippen LogP contribution in [0.4, 0.5) is 8.78 Å². The van der Waals surface area contributed by atoms with Gasteiger partial charge in [0.1, 0.15) is 11.6 Å². The normalized spacial score (nSPS) is 12.7. The van der Waals surface area contributed by atoms with Gasteiger partial charge in [-0.3, -0.25) is 0 Å². The van der Waals surface area contributed by atoms with E-state index >= 15 is 0 Å². The first-order chi connectivity index (χ1) is 12.1. The number of fused-ring (bicyclic) bond motifs is 1. The highest BCUT2D eigenvalue weighted by Crippen LogP contribution is 2.31. The Balaban J connectivity index is 1.88. The topological polar surface area (TPSA) is 62.0 Å². The van der Waals surface area contributed by atoms with Gasteiger partial charge in [0.05, 0.1) is 4.90 Å².